The van der Waals surface area contributed by atoms with Gasteiger partial charge in [0, 0.05) is 17.1 Å². The number of nitrogens with one attached hydrogen (secondary N) is 1. The Balaban J connectivity index is 2.11. The molecule has 17 heavy (non-hydrogen) atoms. The smallest absolute Gasteiger partial charge is 0.201 e. The topological polar surface area (TPSA) is 55.9 Å². The van der Waals surface area contributed by atoms with Gasteiger partial charge in [-0.05, 0) is 37.6 Å². The van der Waals surface area contributed by atoms with Gasteiger partial charge in [0.1, 0.15) is 0 Å². The van der Waals surface area contributed by atoms with E-state index in [1.165, 1.54) is 12.8 Å². The number of anilines is 1. The van der Waals surface area contributed by atoms with Gasteiger partial charge >= 0.3 is 0 Å². The van der Waals surface area contributed by atoms with Gasteiger partial charge in [-0.1, -0.05) is 15.9 Å². The van der Waals surface area contributed by atoms with Crippen LogP contribution in [0.25, 0.3) is 11.0 Å². The maximum absolute atomic E-state index is 6.04. The first-order valence-corrected chi connectivity index (χ1v) is 6.68. The summed E-state index contributed by atoms with van der Waals surface area (Å²) in [6.45, 7) is 2.08. The number of nitrogens with zero attached hydrogens (tertiary/aromatic N) is 2. The maximum Gasteiger partial charge on any atom is 0.201 e. The molecular weight excluding hydrogens is 280 g/mol. The van der Waals surface area contributed by atoms with Gasteiger partial charge in [-0.15, -0.1) is 0 Å². The molecule has 0 bridgehead atoms. The lowest BCUT2D eigenvalue weighted by molar-refractivity contribution is 0.381. The molecular formula is C12H15BrN4. The highest BCUT2D eigenvalue weighted by Gasteiger charge is 2.19. The SMILES string of the molecule is Nc1nc2cc(Br)ccc2n1C1CCCNC1. The zero-order valence-electron chi connectivity index (χ0n) is 9.49. The molecule has 3 N–H and O–H groups in total. The summed E-state index contributed by atoms with van der Waals surface area (Å²) in [5.41, 5.74) is 8.13. The molecule has 2 heterocycles. The standard InChI is InChI=1S/C12H15BrN4/c13-8-3-4-11-10(6-8)16-12(14)17(11)9-2-1-5-15-7-9/h3-4,6,9,15H,1-2,5,7H2,(H2,14,16). The summed E-state index contributed by atoms with van der Waals surface area (Å²) in [5, 5.41) is 3.41. The molecule has 1 aliphatic heterocycles. The summed E-state index contributed by atoms with van der Waals surface area (Å²) < 4.78 is 3.20. The average molecular weight is 295 g/mol. The minimum absolute atomic E-state index is 0.426. The van der Waals surface area contributed by atoms with Crippen molar-refractivity contribution in [3.8, 4) is 0 Å². The molecule has 5 heteroatoms. The third-order valence-electron chi connectivity index (χ3n) is 3.31. The number of aromatic nitrogens is 2. The van der Waals surface area contributed by atoms with Gasteiger partial charge in [0.05, 0.1) is 11.0 Å². The summed E-state index contributed by atoms with van der Waals surface area (Å²) in [6.07, 6.45) is 2.36. The second kappa shape index (κ2) is 4.31. The normalized spacial score (nSPS) is 20.9. The largest absolute Gasteiger partial charge is 0.369 e. The Morgan fingerprint density at radius 2 is 2.35 bits per heavy atom. The first-order valence-electron chi connectivity index (χ1n) is 5.89. The summed E-state index contributed by atoms with van der Waals surface area (Å²) in [4.78, 5) is 4.43. The van der Waals surface area contributed by atoms with Crippen molar-refractivity contribution in [1.82, 2.24) is 14.9 Å². The fraction of sp³-hybridized carbons (Fsp3) is 0.417. The quantitative estimate of drug-likeness (QED) is 0.849. The van der Waals surface area contributed by atoms with Gasteiger partial charge < -0.3 is 15.6 Å². The molecule has 2 aromatic rings. The van der Waals surface area contributed by atoms with Crippen molar-refractivity contribution in [3.05, 3.63) is 22.7 Å². The highest BCUT2D eigenvalue weighted by atomic mass is 79.9. The number of nitrogen functional groups attached to an aromatic ring is 1. The zero-order chi connectivity index (χ0) is 11.8. The molecule has 1 aromatic heterocycles. The van der Waals surface area contributed by atoms with E-state index in [2.05, 4.69) is 36.9 Å². The van der Waals surface area contributed by atoms with E-state index in [-0.39, 0.29) is 0 Å². The Hall–Kier alpha value is -1.07. The molecule has 0 aliphatic carbocycles. The van der Waals surface area contributed by atoms with Crippen LogP contribution in [0.5, 0.6) is 0 Å². The van der Waals surface area contributed by atoms with Crippen LogP contribution in [0, 0.1) is 0 Å². The Morgan fingerprint density at radius 3 is 3.12 bits per heavy atom. The number of hydrogen-bond donors (Lipinski definition) is 2. The van der Waals surface area contributed by atoms with Crippen molar-refractivity contribution < 1.29 is 0 Å². The molecule has 0 saturated carbocycles. The molecule has 1 saturated heterocycles. The summed E-state index contributed by atoms with van der Waals surface area (Å²) in [5.74, 6) is 0.617. The van der Waals surface area contributed by atoms with E-state index in [1.807, 2.05) is 12.1 Å². The van der Waals surface area contributed by atoms with Crippen LogP contribution in [-0.4, -0.2) is 22.6 Å². The summed E-state index contributed by atoms with van der Waals surface area (Å²) in [7, 11) is 0. The molecule has 3 rings (SSSR count). The van der Waals surface area contributed by atoms with Gasteiger partial charge in [0.15, 0.2) is 0 Å². The van der Waals surface area contributed by atoms with Crippen LogP contribution in [0.3, 0.4) is 0 Å². The molecule has 0 spiro atoms. The van der Waals surface area contributed by atoms with Crippen LogP contribution in [-0.2, 0) is 0 Å². The minimum atomic E-state index is 0.426. The molecule has 1 atom stereocenters. The molecule has 1 aromatic carbocycles. The second-order valence-electron chi connectivity index (χ2n) is 4.47. The fourth-order valence-electron chi connectivity index (χ4n) is 2.53. The number of hydrogen-bond acceptors (Lipinski definition) is 3. The van der Waals surface area contributed by atoms with Gasteiger partial charge in [0.25, 0.3) is 0 Å². The number of rotatable bonds is 1. The van der Waals surface area contributed by atoms with Crippen LogP contribution in [0.4, 0.5) is 5.95 Å². The Labute approximate surface area is 108 Å². The predicted octanol–water partition coefficient (Wildman–Crippen LogP) is 2.31. The molecule has 1 aliphatic rings. The second-order valence-corrected chi connectivity index (χ2v) is 5.39. The highest BCUT2D eigenvalue weighted by Crippen LogP contribution is 2.28. The van der Waals surface area contributed by atoms with E-state index in [9.17, 15) is 0 Å². The molecule has 0 amide bonds. The Kier molecular flexibility index (Phi) is 2.80. The van der Waals surface area contributed by atoms with Gasteiger partial charge in [-0.3, -0.25) is 0 Å². The van der Waals surface area contributed by atoms with Crippen molar-refractivity contribution in [1.29, 1.82) is 0 Å². The lowest BCUT2D eigenvalue weighted by Gasteiger charge is -2.25. The Morgan fingerprint density at radius 1 is 1.47 bits per heavy atom. The predicted molar refractivity (Wildman–Crippen MR) is 73.0 cm³/mol. The van der Waals surface area contributed by atoms with Crippen molar-refractivity contribution in [2.24, 2.45) is 0 Å². The monoisotopic (exact) mass is 294 g/mol. The molecule has 4 nitrogen and oxygen atoms in total. The van der Waals surface area contributed by atoms with E-state index in [0.717, 1.165) is 28.6 Å². The van der Waals surface area contributed by atoms with Crippen LogP contribution in [0.2, 0.25) is 0 Å². The molecule has 1 fully saturated rings. The lowest BCUT2D eigenvalue weighted by Crippen LogP contribution is -2.32. The number of piperidine rings is 1. The molecule has 90 valence electrons. The first-order chi connectivity index (χ1) is 8.25. The van der Waals surface area contributed by atoms with E-state index >= 15 is 0 Å². The third kappa shape index (κ3) is 1.93. The molecule has 0 radical (unpaired) electrons. The van der Waals surface area contributed by atoms with E-state index in [0.29, 0.717) is 12.0 Å². The van der Waals surface area contributed by atoms with Crippen molar-refractivity contribution in [2.75, 3.05) is 18.8 Å². The van der Waals surface area contributed by atoms with Crippen molar-refractivity contribution in [3.63, 3.8) is 0 Å². The lowest BCUT2D eigenvalue weighted by atomic mass is 10.1. The number of benzene rings is 1. The highest BCUT2D eigenvalue weighted by molar-refractivity contribution is 9.10. The van der Waals surface area contributed by atoms with Crippen molar-refractivity contribution >= 4 is 32.9 Å². The summed E-state index contributed by atoms with van der Waals surface area (Å²) >= 11 is 3.46. The maximum atomic E-state index is 6.04. The number of fused-ring (bicyclic) bond motifs is 1. The van der Waals surface area contributed by atoms with Gasteiger partial charge in [-0.2, -0.15) is 0 Å². The Bertz CT molecular complexity index is 543. The number of halogens is 1. The van der Waals surface area contributed by atoms with E-state index in [4.69, 9.17) is 5.73 Å². The molecule has 1 unspecified atom stereocenters. The zero-order valence-corrected chi connectivity index (χ0v) is 11.1. The van der Waals surface area contributed by atoms with Gasteiger partial charge in [-0.25, -0.2) is 4.98 Å². The summed E-state index contributed by atoms with van der Waals surface area (Å²) in [6, 6.07) is 6.56. The van der Waals surface area contributed by atoms with Gasteiger partial charge in [0.2, 0.25) is 5.95 Å². The van der Waals surface area contributed by atoms with Crippen molar-refractivity contribution in [2.45, 2.75) is 18.9 Å². The van der Waals surface area contributed by atoms with E-state index in [1.54, 1.807) is 0 Å². The minimum Gasteiger partial charge on any atom is -0.369 e. The number of nitrogens with two attached hydrogens (primary N) is 1. The van der Waals surface area contributed by atoms with E-state index < -0.39 is 0 Å². The third-order valence-corrected chi connectivity index (χ3v) is 3.81. The number of imidazole rings is 1. The average Bonchev–Trinajstić information content (AvgIpc) is 2.65. The fourth-order valence-corrected chi connectivity index (χ4v) is 2.88. The van der Waals surface area contributed by atoms with Crippen LogP contribution >= 0.6 is 15.9 Å². The van der Waals surface area contributed by atoms with Crippen LogP contribution in [0.1, 0.15) is 18.9 Å². The first kappa shape index (κ1) is 11.0. The van der Waals surface area contributed by atoms with Crippen LogP contribution in [0.15, 0.2) is 22.7 Å². The van der Waals surface area contributed by atoms with Crippen LogP contribution < -0.4 is 11.1 Å².